The van der Waals surface area contributed by atoms with Gasteiger partial charge in [0.2, 0.25) is 5.91 Å². The summed E-state index contributed by atoms with van der Waals surface area (Å²) >= 11 is 0. The lowest BCUT2D eigenvalue weighted by Gasteiger charge is -2.11. The second-order valence-electron chi connectivity index (χ2n) is 3.87. The van der Waals surface area contributed by atoms with Crippen molar-refractivity contribution >= 4 is 17.3 Å². The van der Waals surface area contributed by atoms with Crippen LogP contribution in [0.5, 0.6) is 5.75 Å². The highest BCUT2D eigenvalue weighted by Crippen LogP contribution is 2.29. The smallest absolute Gasteiger partial charge is 0.296 e. The fraction of sp³-hybridized carbons (Fsp3) is 0.417. The van der Waals surface area contributed by atoms with Crippen LogP contribution in [-0.4, -0.2) is 23.5 Å². The molecule has 0 aliphatic rings. The van der Waals surface area contributed by atoms with E-state index in [0.29, 0.717) is 18.8 Å². The summed E-state index contributed by atoms with van der Waals surface area (Å²) < 4.78 is 5.18. The van der Waals surface area contributed by atoms with Crippen molar-refractivity contribution in [2.45, 2.75) is 26.3 Å². The lowest BCUT2D eigenvalue weighted by Crippen LogP contribution is -2.34. The molecule has 0 radical (unpaired) electrons. The lowest BCUT2D eigenvalue weighted by atomic mass is 10.2. The van der Waals surface area contributed by atoms with E-state index in [9.17, 15) is 14.9 Å². The number of anilines is 1. The van der Waals surface area contributed by atoms with E-state index in [-0.39, 0.29) is 11.4 Å². The molecule has 19 heavy (non-hydrogen) atoms. The van der Waals surface area contributed by atoms with Gasteiger partial charge in [0.1, 0.15) is 11.4 Å². The van der Waals surface area contributed by atoms with E-state index < -0.39 is 16.9 Å². The highest BCUT2D eigenvalue weighted by atomic mass is 16.6. The van der Waals surface area contributed by atoms with E-state index in [1.54, 1.807) is 19.9 Å². The fourth-order valence-corrected chi connectivity index (χ4v) is 1.44. The molecule has 1 aromatic rings. The third-order valence-corrected chi connectivity index (χ3v) is 2.51. The summed E-state index contributed by atoms with van der Waals surface area (Å²) in [4.78, 5) is 22.0. The van der Waals surface area contributed by atoms with Crippen LogP contribution in [0.4, 0.5) is 11.4 Å². The van der Waals surface area contributed by atoms with E-state index in [1.807, 2.05) is 0 Å². The molecule has 0 aliphatic heterocycles. The van der Waals surface area contributed by atoms with Crippen LogP contribution in [-0.2, 0) is 4.79 Å². The quantitative estimate of drug-likeness (QED) is 0.602. The van der Waals surface area contributed by atoms with Gasteiger partial charge in [-0.2, -0.15) is 0 Å². The van der Waals surface area contributed by atoms with Gasteiger partial charge in [0.15, 0.2) is 0 Å². The standard InChI is InChI=1S/C12H17N3O4/c1-3-9(13)12(16)14-10-6-5-8(19-4-2)7-11(10)15(17)18/h5-7,9H,3-4,13H2,1-2H3,(H,14,16)/t9-/m0/s1. The van der Waals surface area contributed by atoms with E-state index in [4.69, 9.17) is 10.5 Å². The van der Waals surface area contributed by atoms with Crippen LogP contribution in [0, 0.1) is 10.1 Å². The molecule has 1 atom stereocenters. The van der Waals surface area contributed by atoms with Crippen LogP contribution in [0.25, 0.3) is 0 Å². The van der Waals surface area contributed by atoms with E-state index in [1.165, 1.54) is 12.1 Å². The number of nitro groups is 1. The number of ether oxygens (including phenoxy) is 1. The van der Waals surface area contributed by atoms with Gasteiger partial charge in [0.25, 0.3) is 5.69 Å². The third-order valence-electron chi connectivity index (χ3n) is 2.51. The number of carbonyl (C=O) groups excluding carboxylic acids is 1. The number of amides is 1. The van der Waals surface area contributed by atoms with Crippen molar-refractivity contribution in [1.29, 1.82) is 0 Å². The molecule has 1 rings (SSSR count). The predicted octanol–water partition coefficient (Wildman–Crippen LogP) is 1.67. The van der Waals surface area contributed by atoms with E-state index in [2.05, 4.69) is 5.32 Å². The number of nitrogens with one attached hydrogen (secondary N) is 1. The zero-order chi connectivity index (χ0) is 14.4. The van der Waals surface area contributed by atoms with Crippen LogP contribution in [0.15, 0.2) is 18.2 Å². The number of nitrogens with zero attached hydrogens (tertiary/aromatic N) is 1. The molecule has 0 unspecified atom stereocenters. The number of carbonyl (C=O) groups is 1. The molecule has 0 aliphatic carbocycles. The molecular weight excluding hydrogens is 250 g/mol. The Morgan fingerprint density at radius 2 is 2.21 bits per heavy atom. The number of nitro benzene ring substituents is 1. The second kappa shape index (κ2) is 6.69. The summed E-state index contributed by atoms with van der Waals surface area (Å²) in [5.74, 6) is -0.0678. The normalized spacial score (nSPS) is 11.7. The fourth-order valence-electron chi connectivity index (χ4n) is 1.44. The van der Waals surface area contributed by atoms with Gasteiger partial charge in [-0.1, -0.05) is 6.92 Å². The molecule has 0 aromatic heterocycles. The van der Waals surface area contributed by atoms with Crippen LogP contribution < -0.4 is 15.8 Å². The van der Waals surface area contributed by atoms with Crippen molar-refractivity contribution < 1.29 is 14.5 Å². The molecule has 0 spiro atoms. The molecule has 7 heteroatoms. The van der Waals surface area contributed by atoms with Crippen molar-refractivity contribution in [3.8, 4) is 5.75 Å². The molecule has 104 valence electrons. The Bertz CT molecular complexity index is 476. The molecule has 1 aromatic carbocycles. The molecule has 1 amide bonds. The Labute approximate surface area is 110 Å². The first-order valence-corrected chi connectivity index (χ1v) is 5.97. The number of hydrogen-bond donors (Lipinski definition) is 2. The monoisotopic (exact) mass is 267 g/mol. The van der Waals surface area contributed by atoms with Crippen molar-refractivity contribution in [2.24, 2.45) is 5.73 Å². The predicted molar refractivity (Wildman–Crippen MR) is 71.2 cm³/mol. The van der Waals surface area contributed by atoms with Gasteiger partial charge in [-0.3, -0.25) is 14.9 Å². The third kappa shape index (κ3) is 3.92. The van der Waals surface area contributed by atoms with Gasteiger partial charge in [-0.05, 0) is 25.5 Å². The van der Waals surface area contributed by atoms with Gasteiger partial charge in [0, 0.05) is 0 Å². The molecule has 0 saturated heterocycles. The summed E-state index contributed by atoms with van der Waals surface area (Å²) in [5.41, 5.74) is 5.45. The maximum atomic E-state index is 11.6. The molecule has 3 N–H and O–H groups in total. The van der Waals surface area contributed by atoms with Crippen molar-refractivity contribution in [3.63, 3.8) is 0 Å². The zero-order valence-corrected chi connectivity index (χ0v) is 10.9. The summed E-state index contributed by atoms with van der Waals surface area (Å²) in [6.07, 6.45) is 0.455. The van der Waals surface area contributed by atoms with Gasteiger partial charge in [-0.15, -0.1) is 0 Å². The SMILES string of the molecule is CCOc1ccc(NC(=O)[C@@H](N)CC)c([N+](=O)[O-])c1. The Balaban J connectivity index is 3.00. The minimum Gasteiger partial charge on any atom is -0.494 e. The molecular formula is C12H17N3O4. The van der Waals surface area contributed by atoms with Gasteiger partial charge < -0.3 is 15.8 Å². The maximum absolute atomic E-state index is 11.6. The molecule has 0 heterocycles. The van der Waals surface area contributed by atoms with Gasteiger partial charge in [0.05, 0.1) is 23.6 Å². The topological polar surface area (TPSA) is 107 Å². The van der Waals surface area contributed by atoms with Crippen LogP contribution in [0.3, 0.4) is 0 Å². The Morgan fingerprint density at radius 1 is 1.53 bits per heavy atom. The largest absolute Gasteiger partial charge is 0.494 e. The van der Waals surface area contributed by atoms with Crippen LogP contribution >= 0.6 is 0 Å². The van der Waals surface area contributed by atoms with Crippen molar-refractivity contribution in [1.82, 2.24) is 0 Å². The highest BCUT2D eigenvalue weighted by molar-refractivity contribution is 5.96. The number of rotatable bonds is 6. The maximum Gasteiger partial charge on any atom is 0.296 e. The summed E-state index contributed by atoms with van der Waals surface area (Å²) in [5, 5.41) is 13.4. The summed E-state index contributed by atoms with van der Waals surface area (Å²) in [6, 6.07) is 3.58. The zero-order valence-electron chi connectivity index (χ0n) is 10.9. The Morgan fingerprint density at radius 3 is 2.74 bits per heavy atom. The number of benzene rings is 1. The second-order valence-corrected chi connectivity index (χ2v) is 3.87. The minimum atomic E-state index is -0.689. The molecule has 0 bridgehead atoms. The lowest BCUT2D eigenvalue weighted by molar-refractivity contribution is -0.384. The van der Waals surface area contributed by atoms with E-state index in [0.717, 1.165) is 0 Å². The summed E-state index contributed by atoms with van der Waals surface area (Å²) in [7, 11) is 0. The highest BCUT2D eigenvalue weighted by Gasteiger charge is 2.19. The Kier molecular flexibility index (Phi) is 5.25. The van der Waals surface area contributed by atoms with Crippen molar-refractivity contribution in [2.75, 3.05) is 11.9 Å². The number of hydrogen-bond acceptors (Lipinski definition) is 5. The molecule has 7 nitrogen and oxygen atoms in total. The van der Waals surface area contributed by atoms with Crippen molar-refractivity contribution in [3.05, 3.63) is 28.3 Å². The first-order valence-electron chi connectivity index (χ1n) is 5.97. The average Bonchev–Trinajstić information content (AvgIpc) is 2.39. The van der Waals surface area contributed by atoms with Crippen LogP contribution in [0.1, 0.15) is 20.3 Å². The first kappa shape index (κ1) is 14.9. The van der Waals surface area contributed by atoms with Crippen LogP contribution in [0.2, 0.25) is 0 Å². The summed E-state index contributed by atoms with van der Waals surface area (Å²) in [6.45, 7) is 3.95. The van der Waals surface area contributed by atoms with Gasteiger partial charge in [-0.25, -0.2) is 0 Å². The first-order chi connectivity index (χ1) is 8.99. The number of nitrogens with two attached hydrogens (primary N) is 1. The average molecular weight is 267 g/mol. The Hall–Kier alpha value is -2.15. The molecule has 0 saturated carbocycles. The minimum absolute atomic E-state index is 0.113. The van der Waals surface area contributed by atoms with Gasteiger partial charge >= 0.3 is 0 Å². The molecule has 0 fully saturated rings. The van der Waals surface area contributed by atoms with E-state index >= 15 is 0 Å².